The predicted molar refractivity (Wildman–Crippen MR) is 116 cm³/mol. The Hall–Kier alpha value is -3.38. The summed E-state index contributed by atoms with van der Waals surface area (Å²) in [5.41, 5.74) is 4.53. The number of amides is 1. The number of anilines is 1. The molecule has 1 N–H and O–H groups in total. The van der Waals surface area contributed by atoms with Crippen LogP contribution in [0.4, 0.5) is 5.69 Å². The predicted octanol–water partition coefficient (Wildman–Crippen LogP) is 5.12. The Morgan fingerprint density at radius 2 is 1.79 bits per heavy atom. The quantitative estimate of drug-likeness (QED) is 0.456. The molecule has 2 aromatic heterocycles. The van der Waals surface area contributed by atoms with Gasteiger partial charge in [-0.05, 0) is 73.2 Å². The van der Waals surface area contributed by atoms with Crippen LogP contribution < -0.4 is 5.32 Å². The first kappa shape index (κ1) is 19.0. The fraction of sp³-hybridized carbons (Fsp3) is 0.0870. The minimum absolute atomic E-state index is 0.135. The van der Waals surface area contributed by atoms with E-state index in [0.29, 0.717) is 5.56 Å². The molecule has 0 aliphatic heterocycles. The van der Waals surface area contributed by atoms with Gasteiger partial charge in [-0.1, -0.05) is 6.07 Å². The topological polar surface area (TPSA) is 59.8 Å². The van der Waals surface area contributed by atoms with Crippen molar-refractivity contribution >= 4 is 23.4 Å². The monoisotopic (exact) mass is 400 g/mol. The fourth-order valence-electron chi connectivity index (χ4n) is 2.88. The molecule has 0 atom stereocenters. The maximum absolute atomic E-state index is 12.5. The maximum Gasteiger partial charge on any atom is 0.255 e. The number of rotatable bonds is 6. The summed E-state index contributed by atoms with van der Waals surface area (Å²) in [6.07, 6.45) is 5.41. The molecule has 0 fully saturated rings. The molecule has 5 nitrogen and oxygen atoms in total. The van der Waals surface area contributed by atoms with Crippen LogP contribution in [0.25, 0.3) is 5.69 Å². The zero-order chi connectivity index (χ0) is 20.1. The average Bonchev–Trinajstić information content (AvgIpc) is 3.20. The Labute approximate surface area is 173 Å². The van der Waals surface area contributed by atoms with E-state index in [-0.39, 0.29) is 5.91 Å². The zero-order valence-electron chi connectivity index (χ0n) is 15.9. The highest BCUT2D eigenvalue weighted by Gasteiger charge is 2.08. The Morgan fingerprint density at radius 1 is 1.00 bits per heavy atom. The lowest BCUT2D eigenvalue weighted by Crippen LogP contribution is -2.12. The number of carbonyl (C=O) groups excluding carboxylic acids is 1. The van der Waals surface area contributed by atoms with Crippen molar-refractivity contribution < 1.29 is 4.79 Å². The largest absolute Gasteiger partial charge is 0.322 e. The summed E-state index contributed by atoms with van der Waals surface area (Å²) in [4.78, 5) is 17.8. The number of carbonyl (C=O) groups is 1. The Kier molecular flexibility index (Phi) is 5.72. The summed E-state index contributed by atoms with van der Waals surface area (Å²) in [6.45, 7) is 1.99. The van der Waals surface area contributed by atoms with Crippen LogP contribution in [0.5, 0.6) is 0 Å². The molecule has 4 aromatic rings. The van der Waals surface area contributed by atoms with E-state index in [9.17, 15) is 4.79 Å². The second-order valence-corrected chi connectivity index (χ2v) is 7.61. The number of pyridine rings is 1. The van der Waals surface area contributed by atoms with Gasteiger partial charge in [0.15, 0.2) is 0 Å². The second kappa shape index (κ2) is 8.75. The molecule has 0 saturated carbocycles. The summed E-state index contributed by atoms with van der Waals surface area (Å²) >= 11 is 1.74. The molecule has 0 aliphatic carbocycles. The number of hydrogen-bond donors (Lipinski definition) is 1. The molecule has 0 spiro atoms. The summed E-state index contributed by atoms with van der Waals surface area (Å²) in [6, 6.07) is 21.2. The molecule has 4 rings (SSSR count). The van der Waals surface area contributed by atoms with Gasteiger partial charge in [0, 0.05) is 46.2 Å². The molecule has 144 valence electrons. The van der Waals surface area contributed by atoms with E-state index in [1.54, 1.807) is 24.2 Å². The van der Waals surface area contributed by atoms with Crippen molar-refractivity contribution in [2.45, 2.75) is 17.6 Å². The van der Waals surface area contributed by atoms with Crippen LogP contribution in [-0.4, -0.2) is 20.7 Å². The summed E-state index contributed by atoms with van der Waals surface area (Å²) in [5, 5.41) is 7.23. The number of hydrogen-bond acceptors (Lipinski definition) is 4. The number of aromatic nitrogens is 3. The molecule has 0 unspecified atom stereocenters. The fourth-order valence-corrected chi connectivity index (χ4v) is 3.71. The molecule has 2 aromatic carbocycles. The average molecular weight is 401 g/mol. The van der Waals surface area contributed by atoms with Crippen molar-refractivity contribution in [1.82, 2.24) is 14.8 Å². The van der Waals surface area contributed by atoms with Crippen LogP contribution in [0.1, 0.15) is 21.6 Å². The number of nitrogens with zero attached hydrogens (tertiary/aromatic N) is 3. The zero-order valence-corrected chi connectivity index (χ0v) is 16.8. The lowest BCUT2D eigenvalue weighted by atomic mass is 10.2. The van der Waals surface area contributed by atoms with Gasteiger partial charge in [-0.15, -0.1) is 11.8 Å². The highest BCUT2D eigenvalue weighted by molar-refractivity contribution is 7.98. The van der Waals surface area contributed by atoms with Crippen LogP contribution in [0.15, 0.2) is 90.2 Å². The standard InChI is InChI=1S/C23H20N4OS/c1-17-12-14-25-27(17)21-8-4-19(5-9-21)23(28)26-20-6-10-22(11-7-20)29-16-18-3-2-13-24-15-18/h2-15H,16H2,1H3,(H,26,28). The first-order valence-electron chi connectivity index (χ1n) is 9.23. The number of nitrogens with one attached hydrogen (secondary N) is 1. The summed E-state index contributed by atoms with van der Waals surface area (Å²) in [5.74, 6) is 0.728. The molecule has 0 radical (unpaired) electrons. The van der Waals surface area contributed by atoms with Crippen molar-refractivity contribution in [2.24, 2.45) is 0 Å². The summed E-state index contributed by atoms with van der Waals surface area (Å²) < 4.78 is 1.84. The van der Waals surface area contributed by atoms with E-state index in [1.165, 1.54) is 5.56 Å². The lowest BCUT2D eigenvalue weighted by molar-refractivity contribution is 0.102. The number of benzene rings is 2. The van der Waals surface area contributed by atoms with Gasteiger partial charge in [0.2, 0.25) is 0 Å². The summed E-state index contributed by atoms with van der Waals surface area (Å²) in [7, 11) is 0. The second-order valence-electron chi connectivity index (χ2n) is 6.56. The van der Waals surface area contributed by atoms with Crippen LogP contribution in [0.3, 0.4) is 0 Å². The van der Waals surface area contributed by atoms with Gasteiger partial charge in [0.1, 0.15) is 0 Å². The third kappa shape index (κ3) is 4.73. The molecule has 6 heteroatoms. The van der Waals surface area contributed by atoms with Gasteiger partial charge < -0.3 is 5.32 Å². The van der Waals surface area contributed by atoms with Crippen molar-refractivity contribution in [2.75, 3.05) is 5.32 Å². The number of thioether (sulfide) groups is 1. The Bertz CT molecular complexity index is 1090. The van der Waals surface area contributed by atoms with Crippen molar-refractivity contribution in [3.63, 3.8) is 0 Å². The maximum atomic E-state index is 12.5. The van der Waals surface area contributed by atoms with Crippen molar-refractivity contribution in [3.8, 4) is 5.69 Å². The lowest BCUT2D eigenvalue weighted by Gasteiger charge is -2.08. The van der Waals surface area contributed by atoms with E-state index in [1.807, 2.05) is 78.5 Å². The molecular weight excluding hydrogens is 380 g/mol. The SMILES string of the molecule is Cc1ccnn1-c1ccc(C(=O)Nc2ccc(SCc3cccnc3)cc2)cc1. The first-order chi connectivity index (χ1) is 14.2. The van der Waals surface area contributed by atoms with Gasteiger partial charge in [0.05, 0.1) is 5.69 Å². The van der Waals surface area contributed by atoms with Crippen LogP contribution in [0, 0.1) is 6.92 Å². The van der Waals surface area contributed by atoms with E-state index in [0.717, 1.165) is 27.7 Å². The van der Waals surface area contributed by atoms with Crippen molar-refractivity contribution in [3.05, 3.63) is 102 Å². The van der Waals surface area contributed by atoms with E-state index in [2.05, 4.69) is 21.5 Å². The molecule has 0 aliphatic rings. The molecule has 2 heterocycles. The van der Waals surface area contributed by atoms with Crippen LogP contribution in [-0.2, 0) is 5.75 Å². The van der Waals surface area contributed by atoms with Crippen LogP contribution >= 0.6 is 11.8 Å². The van der Waals surface area contributed by atoms with Gasteiger partial charge in [0.25, 0.3) is 5.91 Å². The smallest absolute Gasteiger partial charge is 0.255 e. The van der Waals surface area contributed by atoms with Gasteiger partial charge in [-0.3, -0.25) is 9.78 Å². The highest BCUT2D eigenvalue weighted by atomic mass is 32.2. The molecule has 29 heavy (non-hydrogen) atoms. The Morgan fingerprint density at radius 3 is 2.45 bits per heavy atom. The van der Waals surface area contributed by atoms with Crippen LogP contribution in [0.2, 0.25) is 0 Å². The third-order valence-electron chi connectivity index (χ3n) is 4.45. The van der Waals surface area contributed by atoms with Gasteiger partial charge in [-0.25, -0.2) is 4.68 Å². The first-order valence-corrected chi connectivity index (χ1v) is 10.2. The molecule has 0 bridgehead atoms. The minimum Gasteiger partial charge on any atom is -0.322 e. The van der Waals surface area contributed by atoms with E-state index < -0.39 is 0 Å². The van der Waals surface area contributed by atoms with Crippen molar-refractivity contribution in [1.29, 1.82) is 0 Å². The third-order valence-corrected chi connectivity index (χ3v) is 5.53. The molecule has 1 amide bonds. The van der Waals surface area contributed by atoms with Gasteiger partial charge in [-0.2, -0.15) is 5.10 Å². The normalized spacial score (nSPS) is 10.7. The van der Waals surface area contributed by atoms with Gasteiger partial charge >= 0.3 is 0 Å². The number of aryl methyl sites for hydroxylation is 1. The molecule has 0 saturated heterocycles. The minimum atomic E-state index is -0.135. The van der Waals surface area contributed by atoms with E-state index >= 15 is 0 Å². The Balaban J connectivity index is 1.36. The highest BCUT2D eigenvalue weighted by Crippen LogP contribution is 2.24. The molecular formula is C23H20N4OS. The van der Waals surface area contributed by atoms with E-state index in [4.69, 9.17) is 0 Å².